The van der Waals surface area contributed by atoms with Crippen LogP contribution < -0.4 is 0 Å². The lowest BCUT2D eigenvalue weighted by atomic mass is 10.0. The molecule has 0 bridgehead atoms. The Kier molecular flexibility index (Phi) is 4.01. The summed E-state index contributed by atoms with van der Waals surface area (Å²) in [4.78, 5) is 14.7. The van der Waals surface area contributed by atoms with Gasteiger partial charge in [0.1, 0.15) is 0 Å². The van der Waals surface area contributed by atoms with Crippen LogP contribution in [0.2, 0.25) is 0 Å². The zero-order chi connectivity index (χ0) is 11.4. The second-order valence-electron chi connectivity index (χ2n) is 4.63. The lowest BCUT2D eigenvalue weighted by molar-refractivity contribution is 0.0355. The molecule has 1 amide bonds. The minimum atomic E-state index is -0.770. The van der Waals surface area contributed by atoms with E-state index in [1.165, 1.54) is 4.90 Å². The number of rotatable bonds is 3. The molecule has 2 fully saturated rings. The molecule has 92 valence electrons. The summed E-state index contributed by atoms with van der Waals surface area (Å²) in [6.07, 6.45) is 1.37. The molecule has 1 atom stereocenters. The normalized spacial score (nSPS) is 27.2. The van der Waals surface area contributed by atoms with Crippen LogP contribution in [0, 0.1) is 5.92 Å². The van der Waals surface area contributed by atoms with Crippen molar-refractivity contribution < 1.29 is 14.6 Å². The van der Waals surface area contributed by atoms with Gasteiger partial charge in [-0.1, -0.05) is 0 Å². The van der Waals surface area contributed by atoms with E-state index in [0.29, 0.717) is 12.5 Å². The number of morpholine rings is 1. The Balaban J connectivity index is 1.65. The summed E-state index contributed by atoms with van der Waals surface area (Å²) in [6, 6.07) is 0. The molecule has 0 saturated carbocycles. The Bertz CT molecular complexity index is 241. The molecule has 0 aliphatic carbocycles. The van der Waals surface area contributed by atoms with Crippen molar-refractivity contribution in [3.8, 4) is 0 Å². The third-order valence-electron chi connectivity index (χ3n) is 3.51. The molecule has 2 rings (SSSR count). The largest absolute Gasteiger partial charge is 0.465 e. The van der Waals surface area contributed by atoms with Gasteiger partial charge in [-0.3, -0.25) is 4.90 Å². The van der Waals surface area contributed by atoms with Gasteiger partial charge in [-0.15, -0.1) is 0 Å². The maximum atomic E-state index is 10.8. The number of amides is 1. The topological polar surface area (TPSA) is 53.0 Å². The van der Waals surface area contributed by atoms with Crippen molar-refractivity contribution >= 4 is 6.09 Å². The number of ether oxygens (including phenoxy) is 1. The second kappa shape index (κ2) is 5.50. The molecular weight excluding hydrogens is 208 g/mol. The van der Waals surface area contributed by atoms with Crippen molar-refractivity contribution in [3.05, 3.63) is 0 Å². The van der Waals surface area contributed by atoms with Crippen molar-refractivity contribution in [3.63, 3.8) is 0 Å². The van der Waals surface area contributed by atoms with Crippen LogP contribution in [-0.4, -0.2) is 66.9 Å². The zero-order valence-corrected chi connectivity index (χ0v) is 9.60. The highest BCUT2D eigenvalue weighted by molar-refractivity contribution is 5.65. The molecule has 2 aliphatic rings. The monoisotopic (exact) mass is 228 g/mol. The van der Waals surface area contributed by atoms with E-state index in [9.17, 15) is 4.79 Å². The SMILES string of the molecule is O=C(O)N1CC[C@H](CCN2CCOCC2)C1. The Morgan fingerprint density at radius 1 is 1.31 bits per heavy atom. The van der Waals surface area contributed by atoms with Gasteiger partial charge in [0.15, 0.2) is 0 Å². The Morgan fingerprint density at radius 3 is 2.69 bits per heavy atom. The highest BCUT2D eigenvalue weighted by atomic mass is 16.5. The van der Waals surface area contributed by atoms with Gasteiger partial charge in [-0.25, -0.2) is 4.79 Å². The molecule has 0 radical (unpaired) electrons. The number of nitrogens with zero attached hydrogens (tertiary/aromatic N) is 2. The molecule has 1 N–H and O–H groups in total. The van der Waals surface area contributed by atoms with E-state index in [2.05, 4.69) is 4.90 Å². The predicted octanol–water partition coefficient (Wildman–Crippen LogP) is 0.709. The van der Waals surface area contributed by atoms with E-state index in [-0.39, 0.29) is 0 Å². The molecule has 2 saturated heterocycles. The number of likely N-dealkylation sites (tertiary alicyclic amines) is 1. The van der Waals surface area contributed by atoms with Crippen LogP contribution >= 0.6 is 0 Å². The summed E-state index contributed by atoms with van der Waals surface area (Å²) < 4.78 is 5.29. The van der Waals surface area contributed by atoms with E-state index in [1.54, 1.807) is 0 Å². The number of hydrogen-bond donors (Lipinski definition) is 1. The molecule has 0 aromatic carbocycles. The van der Waals surface area contributed by atoms with Crippen LogP contribution in [0.5, 0.6) is 0 Å². The number of hydrogen-bond acceptors (Lipinski definition) is 3. The van der Waals surface area contributed by atoms with Gasteiger partial charge >= 0.3 is 6.09 Å². The average molecular weight is 228 g/mol. The van der Waals surface area contributed by atoms with E-state index >= 15 is 0 Å². The van der Waals surface area contributed by atoms with Crippen LogP contribution in [-0.2, 0) is 4.74 Å². The minimum Gasteiger partial charge on any atom is -0.465 e. The lowest BCUT2D eigenvalue weighted by Gasteiger charge is -2.27. The molecule has 0 spiro atoms. The quantitative estimate of drug-likeness (QED) is 0.773. The lowest BCUT2D eigenvalue weighted by Crippen LogP contribution is -2.37. The third kappa shape index (κ3) is 3.09. The second-order valence-corrected chi connectivity index (χ2v) is 4.63. The van der Waals surface area contributed by atoms with Crippen molar-refractivity contribution in [2.45, 2.75) is 12.8 Å². The Hall–Kier alpha value is -0.810. The van der Waals surface area contributed by atoms with Gasteiger partial charge in [-0.2, -0.15) is 0 Å². The van der Waals surface area contributed by atoms with Gasteiger partial charge in [-0.05, 0) is 25.3 Å². The fourth-order valence-corrected chi connectivity index (χ4v) is 2.43. The van der Waals surface area contributed by atoms with Crippen LogP contribution in [0.4, 0.5) is 4.79 Å². The summed E-state index contributed by atoms with van der Waals surface area (Å²) >= 11 is 0. The molecule has 0 unspecified atom stereocenters. The van der Waals surface area contributed by atoms with Gasteiger partial charge in [0.2, 0.25) is 0 Å². The molecule has 5 nitrogen and oxygen atoms in total. The van der Waals surface area contributed by atoms with E-state index in [1.807, 2.05) is 0 Å². The van der Waals surface area contributed by atoms with E-state index in [4.69, 9.17) is 9.84 Å². The predicted molar refractivity (Wildman–Crippen MR) is 59.6 cm³/mol. The first-order chi connectivity index (χ1) is 7.75. The highest BCUT2D eigenvalue weighted by Gasteiger charge is 2.26. The van der Waals surface area contributed by atoms with Crippen LogP contribution in [0.25, 0.3) is 0 Å². The molecular formula is C11H20N2O3. The first-order valence-corrected chi connectivity index (χ1v) is 6.03. The van der Waals surface area contributed by atoms with E-state index in [0.717, 1.165) is 52.2 Å². The van der Waals surface area contributed by atoms with Crippen molar-refractivity contribution in [2.24, 2.45) is 5.92 Å². The molecule has 2 heterocycles. The fraction of sp³-hybridized carbons (Fsp3) is 0.909. The number of carboxylic acid groups (broad SMARTS) is 1. The third-order valence-corrected chi connectivity index (χ3v) is 3.51. The maximum Gasteiger partial charge on any atom is 0.407 e. The van der Waals surface area contributed by atoms with Gasteiger partial charge in [0.25, 0.3) is 0 Å². The Morgan fingerprint density at radius 2 is 2.06 bits per heavy atom. The molecule has 2 aliphatic heterocycles. The summed E-state index contributed by atoms with van der Waals surface area (Å²) in [7, 11) is 0. The van der Waals surface area contributed by atoms with Crippen molar-refractivity contribution in [1.29, 1.82) is 0 Å². The van der Waals surface area contributed by atoms with Crippen molar-refractivity contribution in [2.75, 3.05) is 45.9 Å². The molecule has 5 heteroatoms. The van der Waals surface area contributed by atoms with Crippen LogP contribution in [0.3, 0.4) is 0 Å². The van der Waals surface area contributed by atoms with E-state index < -0.39 is 6.09 Å². The first kappa shape index (κ1) is 11.7. The van der Waals surface area contributed by atoms with Crippen LogP contribution in [0.15, 0.2) is 0 Å². The minimum absolute atomic E-state index is 0.555. The van der Waals surface area contributed by atoms with Crippen molar-refractivity contribution in [1.82, 2.24) is 9.80 Å². The summed E-state index contributed by atoms with van der Waals surface area (Å²) in [5.74, 6) is 0.555. The standard InChI is InChI=1S/C11H20N2O3/c14-11(15)13-4-2-10(9-13)1-3-12-5-7-16-8-6-12/h10H,1-9H2,(H,14,15)/t10-/m0/s1. The summed E-state index contributed by atoms with van der Waals surface area (Å²) in [5, 5.41) is 8.85. The Labute approximate surface area is 96.0 Å². The number of carbonyl (C=O) groups is 1. The van der Waals surface area contributed by atoms with Gasteiger partial charge in [0.05, 0.1) is 13.2 Å². The fourth-order valence-electron chi connectivity index (χ4n) is 2.43. The molecule has 0 aromatic rings. The summed E-state index contributed by atoms with van der Waals surface area (Å²) in [6.45, 7) is 6.24. The van der Waals surface area contributed by atoms with Gasteiger partial charge < -0.3 is 14.7 Å². The smallest absolute Gasteiger partial charge is 0.407 e. The summed E-state index contributed by atoms with van der Waals surface area (Å²) in [5.41, 5.74) is 0. The highest BCUT2D eigenvalue weighted by Crippen LogP contribution is 2.20. The average Bonchev–Trinajstić information content (AvgIpc) is 2.76. The maximum absolute atomic E-state index is 10.8. The molecule has 0 aromatic heterocycles. The van der Waals surface area contributed by atoms with Crippen LogP contribution in [0.1, 0.15) is 12.8 Å². The van der Waals surface area contributed by atoms with Gasteiger partial charge in [0, 0.05) is 26.2 Å². The zero-order valence-electron chi connectivity index (χ0n) is 9.60. The first-order valence-electron chi connectivity index (χ1n) is 6.03. The molecule has 16 heavy (non-hydrogen) atoms.